The molecule has 2 fully saturated rings. The summed E-state index contributed by atoms with van der Waals surface area (Å²) in [6.07, 6.45) is 8.37. The van der Waals surface area contributed by atoms with Gasteiger partial charge in [-0.05, 0) is 56.6 Å². The topological polar surface area (TPSA) is 69.3 Å². The van der Waals surface area contributed by atoms with Gasteiger partial charge in [-0.2, -0.15) is 5.26 Å². The van der Waals surface area contributed by atoms with Crippen LogP contribution in [-0.2, 0) is 11.3 Å². The van der Waals surface area contributed by atoms with Crippen molar-refractivity contribution in [1.29, 1.82) is 5.26 Å². The lowest BCUT2D eigenvalue weighted by atomic mass is 9.97. The van der Waals surface area contributed by atoms with E-state index in [1.54, 1.807) is 9.47 Å². The number of hydrogen-bond donors (Lipinski definition) is 0. The number of piperidine rings is 1. The van der Waals surface area contributed by atoms with E-state index in [1.165, 1.54) is 11.8 Å². The number of rotatable bonds is 9. The standard InChI is InChI=1S/C27H38N4O2S2/c1-6-9-10-20(7-2)17-31-26(33)23(35-27(31)34)15-21-19(5)22(16-28)25(32)30(8-3)24(21)29-13-11-18(4)12-14-29/h15,18,20H,6-14,17H2,1-5H3. The van der Waals surface area contributed by atoms with Gasteiger partial charge in [-0.25, -0.2) is 0 Å². The SMILES string of the molecule is CCCCC(CC)CN1C(=O)C(=Cc2c(C)c(C#N)c(=O)n(CC)c2N2CCC(C)CC2)SC1=S. The molecule has 0 saturated carbocycles. The molecule has 35 heavy (non-hydrogen) atoms. The van der Waals surface area contributed by atoms with Crippen LogP contribution in [0, 0.1) is 30.1 Å². The molecule has 1 amide bonds. The van der Waals surface area contributed by atoms with E-state index in [1.807, 2.05) is 19.9 Å². The second kappa shape index (κ2) is 12.2. The average Bonchev–Trinajstić information content (AvgIpc) is 3.11. The highest BCUT2D eigenvalue weighted by molar-refractivity contribution is 8.26. The van der Waals surface area contributed by atoms with Crippen molar-refractivity contribution in [1.82, 2.24) is 9.47 Å². The Kier molecular flexibility index (Phi) is 9.60. The summed E-state index contributed by atoms with van der Waals surface area (Å²) in [5.74, 6) is 1.82. The molecule has 0 radical (unpaired) electrons. The third kappa shape index (κ3) is 5.83. The lowest BCUT2D eigenvalue weighted by molar-refractivity contribution is -0.122. The summed E-state index contributed by atoms with van der Waals surface area (Å²) in [6, 6.07) is 2.11. The Labute approximate surface area is 219 Å². The van der Waals surface area contributed by atoms with Crippen LogP contribution in [0.1, 0.15) is 82.9 Å². The van der Waals surface area contributed by atoms with Crippen molar-refractivity contribution in [3.63, 3.8) is 0 Å². The van der Waals surface area contributed by atoms with Crippen LogP contribution in [0.15, 0.2) is 9.70 Å². The number of carbonyl (C=O) groups is 1. The van der Waals surface area contributed by atoms with E-state index < -0.39 is 0 Å². The highest BCUT2D eigenvalue weighted by Gasteiger charge is 2.34. The number of aromatic nitrogens is 1. The van der Waals surface area contributed by atoms with Crippen molar-refractivity contribution in [3.8, 4) is 6.07 Å². The first-order chi connectivity index (χ1) is 16.8. The lowest BCUT2D eigenvalue weighted by Gasteiger charge is -2.35. The minimum absolute atomic E-state index is 0.0691. The number of hydrogen-bond acceptors (Lipinski definition) is 6. The average molecular weight is 515 g/mol. The van der Waals surface area contributed by atoms with E-state index >= 15 is 0 Å². The largest absolute Gasteiger partial charge is 0.357 e. The number of amides is 1. The van der Waals surface area contributed by atoms with Gasteiger partial charge >= 0.3 is 0 Å². The van der Waals surface area contributed by atoms with E-state index in [-0.39, 0.29) is 17.0 Å². The van der Waals surface area contributed by atoms with Gasteiger partial charge in [0.05, 0.1) is 4.91 Å². The molecular formula is C27H38N4O2S2. The van der Waals surface area contributed by atoms with Crippen LogP contribution >= 0.6 is 24.0 Å². The Balaban J connectivity index is 2.06. The van der Waals surface area contributed by atoms with E-state index in [0.29, 0.717) is 39.7 Å². The van der Waals surface area contributed by atoms with Crippen molar-refractivity contribution < 1.29 is 4.79 Å². The van der Waals surface area contributed by atoms with Crippen LogP contribution in [0.4, 0.5) is 5.82 Å². The van der Waals surface area contributed by atoms with E-state index in [4.69, 9.17) is 12.2 Å². The normalized spacial score (nSPS) is 19.0. The summed E-state index contributed by atoms with van der Waals surface area (Å²) in [5, 5.41) is 9.77. The summed E-state index contributed by atoms with van der Waals surface area (Å²) >= 11 is 6.95. The zero-order valence-corrected chi connectivity index (χ0v) is 23.4. The summed E-state index contributed by atoms with van der Waals surface area (Å²) in [5.41, 5.74) is 1.31. The Morgan fingerprint density at radius 3 is 2.49 bits per heavy atom. The van der Waals surface area contributed by atoms with Crippen LogP contribution < -0.4 is 10.5 Å². The number of anilines is 1. The van der Waals surface area contributed by atoms with Gasteiger partial charge in [0.1, 0.15) is 21.8 Å². The van der Waals surface area contributed by atoms with Crippen molar-refractivity contribution in [2.45, 2.75) is 79.7 Å². The number of carbonyl (C=O) groups excluding carboxylic acids is 1. The molecule has 3 heterocycles. The number of thioether (sulfide) groups is 1. The van der Waals surface area contributed by atoms with Gasteiger partial charge in [-0.15, -0.1) is 0 Å². The fourth-order valence-electron chi connectivity index (χ4n) is 4.96. The van der Waals surface area contributed by atoms with Crippen LogP contribution in [0.25, 0.3) is 6.08 Å². The monoisotopic (exact) mass is 514 g/mol. The van der Waals surface area contributed by atoms with Gasteiger partial charge < -0.3 is 4.90 Å². The first kappa shape index (κ1) is 27.5. The van der Waals surface area contributed by atoms with Crippen molar-refractivity contribution in [2.75, 3.05) is 24.5 Å². The van der Waals surface area contributed by atoms with Crippen molar-refractivity contribution in [3.05, 3.63) is 31.9 Å². The first-order valence-corrected chi connectivity index (χ1v) is 14.2. The maximum atomic E-state index is 13.5. The molecule has 190 valence electrons. The molecule has 2 aliphatic rings. The highest BCUT2D eigenvalue weighted by atomic mass is 32.2. The van der Waals surface area contributed by atoms with E-state index in [0.717, 1.165) is 63.0 Å². The Morgan fingerprint density at radius 2 is 1.91 bits per heavy atom. The molecule has 0 bridgehead atoms. The fraction of sp³-hybridized carbons (Fsp3) is 0.630. The van der Waals surface area contributed by atoms with Crippen LogP contribution in [0.3, 0.4) is 0 Å². The van der Waals surface area contributed by atoms with Crippen LogP contribution in [0.5, 0.6) is 0 Å². The molecule has 3 rings (SSSR count). The minimum atomic E-state index is -0.257. The fourth-order valence-corrected chi connectivity index (χ4v) is 6.22. The molecule has 2 saturated heterocycles. The predicted octanol–water partition coefficient (Wildman–Crippen LogP) is 5.70. The van der Waals surface area contributed by atoms with Crippen molar-refractivity contribution >= 4 is 46.1 Å². The number of thiocarbonyl (C=S) groups is 1. The number of pyridine rings is 1. The molecule has 0 aromatic carbocycles. The summed E-state index contributed by atoms with van der Waals surface area (Å²) in [7, 11) is 0. The number of nitrogens with zero attached hydrogens (tertiary/aromatic N) is 4. The molecule has 1 atom stereocenters. The van der Waals surface area contributed by atoms with Gasteiger partial charge in [-0.3, -0.25) is 19.1 Å². The summed E-state index contributed by atoms with van der Waals surface area (Å²) < 4.78 is 2.29. The second-order valence-corrected chi connectivity index (χ2v) is 11.5. The molecule has 1 aromatic rings. The Morgan fingerprint density at radius 1 is 1.23 bits per heavy atom. The third-order valence-corrected chi connectivity index (χ3v) is 8.76. The maximum absolute atomic E-state index is 13.5. The first-order valence-electron chi connectivity index (χ1n) is 12.9. The maximum Gasteiger partial charge on any atom is 0.270 e. The zero-order chi connectivity index (χ0) is 25.7. The molecular weight excluding hydrogens is 476 g/mol. The molecule has 0 N–H and O–H groups in total. The second-order valence-electron chi connectivity index (χ2n) is 9.78. The van der Waals surface area contributed by atoms with Crippen LogP contribution in [0.2, 0.25) is 0 Å². The quantitative estimate of drug-likeness (QED) is 0.311. The zero-order valence-electron chi connectivity index (χ0n) is 21.7. The van der Waals surface area contributed by atoms with E-state index in [9.17, 15) is 14.9 Å². The molecule has 0 spiro atoms. The third-order valence-electron chi connectivity index (χ3n) is 7.38. The molecule has 6 nitrogen and oxygen atoms in total. The summed E-state index contributed by atoms with van der Waals surface area (Å²) in [4.78, 5) is 31.2. The lowest BCUT2D eigenvalue weighted by Crippen LogP contribution is -2.39. The van der Waals surface area contributed by atoms with Gasteiger partial charge in [-0.1, -0.05) is 64.0 Å². The molecule has 0 aliphatic carbocycles. The molecule has 2 aliphatic heterocycles. The number of nitriles is 1. The predicted molar refractivity (Wildman–Crippen MR) is 150 cm³/mol. The Hall–Kier alpha value is -2.11. The smallest absolute Gasteiger partial charge is 0.270 e. The van der Waals surface area contributed by atoms with Gasteiger partial charge in [0.2, 0.25) is 0 Å². The molecule has 1 aromatic heterocycles. The highest BCUT2D eigenvalue weighted by Crippen LogP contribution is 2.37. The summed E-state index contributed by atoms with van der Waals surface area (Å²) in [6.45, 7) is 13.2. The Bertz CT molecular complexity index is 1090. The molecule has 8 heteroatoms. The molecule has 1 unspecified atom stereocenters. The van der Waals surface area contributed by atoms with E-state index in [2.05, 4.69) is 31.7 Å². The number of unbranched alkanes of at least 4 members (excludes halogenated alkanes) is 1. The minimum Gasteiger partial charge on any atom is -0.357 e. The van der Waals surface area contributed by atoms with Gasteiger partial charge in [0.25, 0.3) is 11.5 Å². The van der Waals surface area contributed by atoms with Gasteiger partial charge in [0, 0.05) is 31.7 Å². The van der Waals surface area contributed by atoms with Crippen molar-refractivity contribution in [2.24, 2.45) is 11.8 Å². The van der Waals surface area contributed by atoms with Crippen LogP contribution in [-0.4, -0.2) is 39.3 Å². The van der Waals surface area contributed by atoms with Gasteiger partial charge in [0.15, 0.2) is 0 Å².